The zero-order valence-corrected chi connectivity index (χ0v) is 24.0. The molecule has 0 radical (unpaired) electrons. The zero-order chi connectivity index (χ0) is 27.3. The molecule has 0 heterocycles. The Labute approximate surface area is 234 Å². The van der Waals surface area contributed by atoms with Crippen molar-refractivity contribution in [1.82, 2.24) is 10.2 Å². The van der Waals surface area contributed by atoms with Gasteiger partial charge in [-0.25, -0.2) is 0 Å². The van der Waals surface area contributed by atoms with Gasteiger partial charge in [-0.2, -0.15) is 0 Å². The monoisotopic (exact) mass is 580 g/mol. The molecule has 0 saturated carbocycles. The summed E-state index contributed by atoms with van der Waals surface area (Å²) < 4.78 is 11.7. The van der Waals surface area contributed by atoms with E-state index in [-0.39, 0.29) is 18.2 Å². The van der Waals surface area contributed by atoms with Crippen LogP contribution in [0.15, 0.2) is 77.3 Å². The SMILES string of the molecule is CCCCNC(=O)C(Cc1ccccc1)N(Cc1ccc(Br)cc1)C(=O)CCc1ccc(OC)c(OC)c1. The third-order valence-corrected chi connectivity index (χ3v) is 6.97. The Bertz CT molecular complexity index is 1170. The summed E-state index contributed by atoms with van der Waals surface area (Å²) in [5.74, 6) is 1.07. The lowest BCUT2D eigenvalue weighted by Gasteiger charge is -2.32. The van der Waals surface area contributed by atoms with E-state index in [4.69, 9.17) is 9.47 Å². The van der Waals surface area contributed by atoms with Crippen molar-refractivity contribution in [2.45, 2.75) is 51.6 Å². The summed E-state index contributed by atoms with van der Waals surface area (Å²) in [6.45, 7) is 3.02. The number of carbonyl (C=O) groups is 2. The molecular weight excluding hydrogens is 544 g/mol. The molecule has 3 aromatic rings. The fourth-order valence-corrected chi connectivity index (χ4v) is 4.54. The van der Waals surface area contributed by atoms with Gasteiger partial charge in [-0.05, 0) is 53.8 Å². The molecule has 0 aliphatic carbocycles. The molecule has 0 aliphatic heterocycles. The first-order valence-corrected chi connectivity index (χ1v) is 13.8. The number of hydrogen-bond acceptors (Lipinski definition) is 4. The van der Waals surface area contributed by atoms with Crippen molar-refractivity contribution in [2.75, 3.05) is 20.8 Å². The third kappa shape index (κ3) is 8.62. The Balaban J connectivity index is 1.88. The molecule has 3 aromatic carbocycles. The molecule has 38 heavy (non-hydrogen) atoms. The Hall–Kier alpha value is -3.32. The molecule has 1 N–H and O–H groups in total. The highest BCUT2D eigenvalue weighted by atomic mass is 79.9. The predicted octanol–water partition coefficient (Wildman–Crippen LogP) is 5.96. The van der Waals surface area contributed by atoms with Crippen LogP contribution in [0.1, 0.15) is 42.9 Å². The molecule has 2 amide bonds. The molecule has 3 rings (SSSR count). The largest absolute Gasteiger partial charge is 0.493 e. The van der Waals surface area contributed by atoms with E-state index in [0.717, 1.165) is 34.0 Å². The summed E-state index contributed by atoms with van der Waals surface area (Å²) in [5, 5.41) is 3.06. The normalized spacial score (nSPS) is 11.5. The van der Waals surface area contributed by atoms with Gasteiger partial charge in [0.05, 0.1) is 14.2 Å². The third-order valence-electron chi connectivity index (χ3n) is 6.44. The molecule has 1 atom stereocenters. The Morgan fingerprint density at radius 3 is 2.24 bits per heavy atom. The fraction of sp³-hybridized carbons (Fsp3) is 0.355. The smallest absolute Gasteiger partial charge is 0.243 e. The van der Waals surface area contributed by atoms with Gasteiger partial charge in [-0.3, -0.25) is 9.59 Å². The second kappa shape index (κ2) is 15.2. The number of hydrogen-bond donors (Lipinski definition) is 1. The van der Waals surface area contributed by atoms with Crippen molar-refractivity contribution in [2.24, 2.45) is 0 Å². The van der Waals surface area contributed by atoms with Crippen LogP contribution in [0.3, 0.4) is 0 Å². The van der Waals surface area contributed by atoms with E-state index in [2.05, 4.69) is 28.2 Å². The Kier molecular flexibility index (Phi) is 11.7. The lowest BCUT2D eigenvalue weighted by atomic mass is 10.0. The molecule has 1 unspecified atom stereocenters. The van der Waals surface area contributed by atoms with Crippen molar-refractivity contribution in [3.05, 3.63) is 94.0 Å². The molecule has 0 fully saturated rings. The Morgan fingerprint density at radius 2 is 1.58 bits per heavy atom. The minimum Gasteiger partial charge on any atom is -0.493 e. The van der Waals surface area contributed by atoms with Crippen molar-refractivity contribution in [1.29, 1.82) is 0 Å². The average molecular weight is 582 g/mol. The lowest BCUT2D eigenvalue weighted by molar-refractivity contribution is -0.141. The molecule has 7 heteroatoms. The van der Waals surface area contributed by atoms with Crippen LogP contribution in [0, 0.1) is 0 Å². The summed E-state index contributed by atoms with van der Waals surface area (Å²) in [4.78, 5) is 29.0. The van der Waals surface area contributed by atoms with Crippen molar-refractivity contribution in [3.8, 4) is 11.5 Å². The van der Waals surface area contributed by atoms with Crippen LogP contribution in [-0.4, -0.2) is 43.5 Å². The van der Waals surface area contributed by atoms with Gasteiger partial charge < -0.3 is 19.7 Å². The van der Waals surface area contributed by atoms with Gasteiger partial charge in [-0.15, -0.1) is 0 Å². The van der Waals surface area contributed by atoms with Gasteiger partial charge >= 0.3 is 0 Å². The molecule has 202 valence electrons. The second-order valence-electron chi connectivity index (χ2n) is 9.19. The van der Waals surface area contributed by atoms with Gasteiger partial charge in [0.2, 0.25) is 11.8 Å². The summed E-state index contributed by atoms with van der Waals surface area (Å²) in [6, 6.07) is 22.8. The quantitative estimate of drug-likeness (QED) is 0.239. The predicted molar refractivity (Wildman–Crippen MR) is 154 cm³/mol. The van der Waals surface area contributed by atoms with Crippen LogP contribution in [0.25, 0.3) is 0 Å². The van der Waals surface area contributed by atoms with Crippen LogP contribution in [0.5, 0.6) is 11.5 Å². The van der Waals surface area contributed by atoms with Crippen LogP contribution in [0.4, 0.5) is 0 Å². The average Bonchev–Trinajstić information content (AvgIpc) is 2.95. The summed E-state index contributed by atoms with van der Waals surface area (Å²) in [5.41, 5.74) is 2.94. The number of ether oxygens (including phenoxy) is 2. The first-order valence-electron chi connectivity index (χ1n) is 13.0. The second-order valence-corrected chi connectivity index (χ2v) is 10.1. The number of nitrogens with one attached hydrogen (secondary N) is 1. The minimum absolute atomic E-state index is 0.0747. The standard InChI is InChI=1S/C31H37BrN2O4/c1-4-5-19-33-31(36)27(20-23-9-7-6-8-10-23)34(22-25-11-15-26(32)16-12-25)30(35)18-14-24-13-17-28(37-2)29(21-24)38-3/h6-13,15-17,21,27H,4-5,14,18-20,22H2,1-3H3,(H,33,36). The van der Waals surface area contributed by atoms with E-state index < -0.39 is 6.04 Å². The maximum absolute atomic E-state index is 13.8. The zero-order valence-electron chi connectivity index (χ0n) is 22.4. The van der Waals surface area contributed by atoms with Crippen molar-refractivity contribution in [3.63, 3.8) is 0 Å². The van der Waals surface area contributed by atoms with Crippen LogP contribution in [-0.2, 0) is 29.0 Å². The molecule has 6 nitrogen and oxygen atoms in total. The highest BCUT2D eigenvalue weighted by Gasteiger charge is 2.30. The topological polar surface area (TPSA) is 67.9 Å². The molecular formula is C31H37BrN2O4. The van der Waals surface area contributed by atoms with Gasteiger partial charge in [-0.1, -0.05) is 77.8 Å². The van der Waals surface area contributed by atoms with E-state index in [9.17, 15) is 9.59 Å². The maximum Gasteiger partial charge on any atom is 0.243 e. The van der Waals surface area contributed by atoms with Gasteiger partial charge in [0.25, 0.3) is 0 Å². The number of unbranched alkanes of at least 4 members (excludes halogenated alkanes) is 1. The van der Waals surface area contributed by atoms with E-state index in [1.165, 1.54) is 0 Å². The lowest BCUT2D eigenvalue weighted by Crippen LogP contribution is -2.50. The summed E-state index contributed by atoms with van der Waals surface area (Å²) in [6.07, 6.45) is 3.10. The highest BCUT2D eigenvalue weighted by molar-refractivity contribution is 9.10. The number of halogens is 1. The number of methoxy groups -OCH3 is 2. The van der Waals surface area contributed by atoms with E-state index >= 15 is 0 Å². The molecule has 0 aromatic heterocycles. The number of nitrogens with zero attached hydrogens (tertiary/aromatic N) is 1. The number of carbonyl (C=O) groups excluding carboxylic acids is 2. The van der Waals surface area contributed by atoms with Gasteiger partial charge in [0, 0.05) is 30.4 Å². The van der Waals surface area contributed by atoms with Crippen LogP contribution >= 0.6 is 15.9 Å². The fourth-order valence-electron chi connectivity index (χ4n) is 4.28. The minimum atomic E-state index is -0.629. The first kappa shape index (κ1) is 29.2. The number of amides is 2. The van der Waals surface area contributed by atoms with E-state index in [0.29, 0.717) is 37.4 Å². The summed E-state index contributed by atoms with van der Waals surface area (Å²) >= 11 is 3.48. The van der Waals surface area contributed by atoms with Crippen LogP contribution in [0.2, 0.25) is 0 Å². The number of aryl methyl sites for hydroxylation is 1. The van der Waals surface area contributed by atoms with Gasteiger partial charge in [0.1, 0.15) is 6.04 Å². The molecule has 0 bridgehead atoms. The highest BCUT2D eigenvalue weighted by Crippen LogP contribution is 2.28. The van der Waals surface area contributed by atoms with E-state index in [1.54, 1.807) is 19.1 Å². The van der Waals surface area contributed by atoms with Crippen LogP contribution < -0.4 is 14.8 Å². The molecule has 0 saturated heterocycles. The summed E-state index contributed by atoms with van der Waals surface area (Å²) in [7, 11) is 3.19. The maximum atomic E-state index is 13.8. The number of rotatable bonds is 14. The molecule has 0 aliphatic rings. The van der Waals surface area contributed by atoms with Crippen molar-refractivity contribution < 1.29 is 19.1 Å². The van der Waals surface area contributed by atoms with Crippen molar-refractivity contribution >= 4 is 27.7 Å². The van der Waals surface area contributed by atoms with E-state index in [1.807, 2.05) is 72.8 Å². The van der Waals surface area contributed by atoms with Gasteiger partial charge in [0.15, 0.2) is 11.5 Å². The first-order chi connectivity index (χ1) is 18.4. The Morgan fingerprint density at radius 1 is 0.895 bits per heavy atom. The molecule has 0 spiro atoms. The number of benzene rings is 3.